The van der Waals surface area contributed by atoms with Crippen molar-refractivity contribution in [3.05, 3.63) is 47.0 Å². The van der Waals surface area contributed by atoms with Gasteiger partial charge < -0.3 is 19.6 Å². The van der Waals surface area contributed by atoms with E-state index in [4.69, 9.17) is 16.0 Å². The van der Waals surface area contributed by atoms with E-state index in [2.05, 4.69) is 15.0 Å². The fourth-order valence-electron chi connectivity index (χ4n) is 1.95. The molecule has 6 nitrogen and oxygen atoms in total. The Labute approximate surface area is 130 Å². The molecule has 0 atom stereocenters. The molecule has 0 bridgehead atoms. The monoisotopic (exact) mass is 318 g/mol. The molecule has 22 heavy (non-hydrogen) atoms. The molecule has 0 aliphatic heterocycles. The summed E-state index contributed by atoms with van der Waals surface area (Å²) in [6.07, 6.45) is 0. The van der Waals surface area contributed by atoms with Gasteiger partial charge in [-0.3, -0.25) is 0 Å². The molecule has 1 aromatic heterocycles. The maximum atomic E-state index is 11.4. The number of benzene rings is 2. The van der Waals surface area contributed by atoms with Crippen molar-refractivity contribution in [1.29, 1.82) is 0 Å². The number of methoxy groups -OCH3 is 1. The molecule has 3 rings (SSSR count). The summed E-state index contributed by atoms with van der Waals surface area (Å²) in [5.74, 6) is -0.651. The van der Waals surface area contributed by atoms with E-state index in [9.17, 15) is 9.90 Å². The molecule has 2 N–H and O–H groups in total. The highest BCUT2D eigenvalue weighted by Crippen LogP contribution is 2.29. The number of rotatable bonds is 3. The lowest BCUT2D eigenvalue weighted by molar-refractivity contribution is 0.0600. The molecule has 0 saturated heterocycles. The normalized spacial score (nSPS) is 10.6. The summed E-state index contributed by atoms with van der Waals surface area (Å²) in [4.78, 5) is 15.6. The van der Waals surface area contributed by atoms with Crippen molar-refractivity contribution in [2.75, 3.05) is 12.4 Å². The predicted molar refractivity (Wildman–Crippen MR) is 81.7 cm³/mol. The van der Waals surface area contributed by atoms with E-state index in [0.29, 0.717) is 21.8 Å². The Kier molecular flexibility index (Phi) is 3.60. The van der Waals surface area contributed by atoms with Crippen molar-refractivity contribution in [1.82, 2.24) is 4.98 Å². The molecular weight excluding hydrogens is 308 g/mol. The van der Waals surface area contributed by atoms with Gasteiger partial charge in [0.25, 0.3) is 6.01 Å². The highest BCUT2D eigenvalue weighted by Gasteiger charge is 2.12. The number of aromatic nitrogens is 1. The maximum absolute atomic E-state index is 11.4. The molecule has 0 aliphatic carbocycles. The minimum absolute atomic E-state index is 0.122. The standard InChI is InChI=1S/C15H11ClN2O4/c1-21-14(20)8-2-4-10(12(19)6-8)17-15-18-11-7-9(16)3-5-13(11)22-15/h2-7,19H,1H3,(H,17,18). The van der Waals surface area contributed by atoms with Gasteiger partial charge in [0.2, 0.25) is 0 Å². The third-order valence-corrected chi connectivity index (χ3v) is 3.25. The quantitative estimate of drug-likeness (QED) is 0.565. The second kappa shape index (κ2) is 5.57. The third kappa shape index (κ3) is 2.68. The first kappa shape index (κ1) is 14.2. The second-order valence-electron chi connectivity index (χ2n) is 4.48. The van der Waals surface area contributed by atoms with Gasteiger partial charge in [-0.1, -0.05) is 11.6 Å². The zero-order chi connectivity index (χ0) is 15.7. The first-order valence-corrected chi connectivity index (χ1v) is 6.69. The van der Waals surface area contributed by atoms with Gasteiger partial charge in [0.05, 0.1) is 18.4 Å². The number of esters is 1. The van der Waals surface area contributed by atoms with Gasteiger partial charge in [-0.05, 0) is 36.4 Å². The van der Waals surface area contributed by atoms with E-state index >= 15 is 0 Å². The highest BCUT2D eigenvalue weighted by molar-refractivity contribution is 6.31. The van der Waals surface area contributed by atoms with Crippen LogP contribution in [0.1, 0.15) is 10.4 Å². The highest BCUT2D eigenvalue weighted by atomic mass is 35.5. The number of phenolic OH excluding ortho intramolecular Hbond substituents is 1. The molecule has 3 aromatic rings. The van der Waals surface area contributed by atoms with Gasteiger partial charge in [0.1, 0.15) is 11.3 Å². The van der Waals surface area contributed by atoms with Gasteiger partial charge in [-0.25, -0.2) is 4.79 Å². The molecular formula is C15H11ClN2O4. The van der Waals surface area contributed by atoms with Crippen LogP contribution in [0.15, 0.2) is 40.8 Å². The van der Waals surface area contributed by atoms with E-state index in [1.54, 1.807) is 18.2 Å². The summed E-state index contributed by atoms with van der Waals surface area (Å²) in [6.45, 7) is 0. The minimum atomic E-state index is -0.529. The lowest BCUT2D eigenvalue weighted by atomic mass is 10.2. The molecule has 0 fully saturated rings. The summed E-state index contributed by atoms with van der Waals surface area (Å²) >= 11 is 5.89. The van der Waals surface area contributed by atoms with E-state index in [0.717, 1.165) is 0 Å². The van der Waals surface area contributed by atoms with Gasteiger partial charge >= 0.3 is 5.97 Å². The lowest BCUT2D eigenvalue weighted by Crippen LogP contribution is -2.01. The number of carbonyl (C=O) groups excluding carboxylic acids is 1. The zero-order valence-electron chi connectivity index (χ0n) is 11.5. The SMILES string of the molecule is COC(=O)c1ccc(Nc2nc3cc(Cl)ccc3o2)c(O)c1. The number of nitrogens with zero attached hydrogens (tertiary/aromatic N) is 1. The van der Waals surface area contributed by atoms with Crippen molar-refractivity contribution >= 4 is 40.4 Å². The number of hydrogen-bond acceptors (Lipinski definition) is 6. The van der Waals surface area contributed by atoms with Crippen LogP contribution >= 0.6 is 11.6 Å². The Morgan fingerprint density at radius 1 is 1.32 bits per heavy atom. The molecule has 0 radical (unpaired) electrons. The Morgan fingerprint density at radius 2 is 2.14 bits per heavy atom. The molecule has 0 unspecified atom stereocenters. The van der Waals surface area contributed by atoms with Crippen LogP contribution in [0.25, 0.3) is 11.1 Å². The molecule has 112 valence electrons. The smallest absolute Gasteiger partial charge is 0.337 e. The Balaban J connectivity index is 1.89. The number of fused-ring (bicyclic) bond motifs is 1. The Bertz CT molecular complexity index is 860. The van der Waals surface area contributed by atoms with E-state index in [1.165, 1.54) is 25.3 Å². The van der Waals surface area contributed by atoms with E-state index in [1.807, 2.05) is 0 Å². The lowest BCUT2D eigenvalue weighted by Gasteiger charge is -2.06. The number of halogens is 1. The average molecular weight is 319 g/mol. The van der Waals surface area contributed by atoms with Crippen LogP contribution in [-0.2, 0) is 4.74 Å². The minimum Gasteiger partial charge on any atom is -0.506 e. The summed E-state index contributed by atoms with van der Waals surface area (Å²) in [5.41, 5.74) is 1.76. The Hall–Kier alpha value is -2.73. The van der Waals surface area contributed by atoms with Gasteiger partial charge in [-0.2, -0.15) is 4.98 Å². The maximum Gasteiger partial charge on any atom is 0.337 e. The predicted octanol–water partition coefficient (Wildman–Crippen LogP) is 3.72. The number of aromatic hydroxyl groups is 1. The largest absolute Gasteiger partial charge is 0.506 e. The van der Waals surface area contributed by atoms with Crippen LogP contribution in [-0.4, -0.2) is 23.2 Å². The van der Waals surface area contributed by atoms with Gasteiger partial charge in [-0.15, -0.1) is 0 Å². The fourth-order valence-corrected chi connectivity index (χ4v) is 2.12. The van der Waals surface area contributed by atoms with Crippen LogP contribution in [0, 0.1) is 0 Å². The van der Waals surface area contributed by atoms with E-state index in [-0.39, 0.29) is 17.3 Å². The molecule has 0 aliphatic rings. The van der Waals surface area contributed by atoms with Crippen molar-refractivity contribution in [3.63, 3.8) is 0 Å². The molecule has 0 amide bonds. The van der Waals surface area contributed by atoms with E-state index < -0.39 is 5.97 Å². The molecule has 0 spiro atoms. The second-order valence-corrected chi connectivity index (χ2v) is 4.92. The number of anilines is 2. The zero-order valence-corrected chi connectivity index (χ0v) is 12.2. The number of hydrogen-bond donors (Lipinski definition) is 2. The summed E-state index contributed by atoms with van der Waals surface area (Å²) < 4.78 is 10.1. The number of nitrogens with one attached hydrogen (secondary N) is 1. The summed E-state index contributed by atoms with van der Waals surface area (Å²) in [6, 6.07) is 9.63. The van der Waals surface area contributed by atoms with Crippen molar-refractivity contribution in [2.24, 2.45) is 0 Å². The van der Waals surface area contributed by atoms with Crippen molar-refractivity contribution in [3.8, 4) is 5.75 Å². The first-order valence-electron chi connectivity index (χ1n) is 6.31. The van der Waals surface area contributed by atoms with Crippen LogP contribution in [0.4, 0.5) is 11.7 Å². The van der Waals surface area contributed by atoms with Crippen LogP contribution < -0.4 is 5.32 Å². The topological polar surface area (TPSA) is 84.6 Å². The van der Waals surface area contributed by atoms with Gasteiger partial charge in [0, 0.05) is 5.02 Å². The average Bonchev–Trinajstić information content (AvgIpc) is 2.90. The van der Waals surface area contributed by atoms with Crippen LogP contribution in [0.3, 0.4) is 0 Å². The molecule has 1 heterocycles. The van der Waals surface area contributed by atoms with Crippen LogP contribution in [0.2, 0.25) is 5.02 Å². The number of carbonyl (C=O) groups is 1. The molecule has 7 heteroatoms. The number of phenols is 1. The van der Waals surface area contributed by atoms with Crippen LogP contribution in [0.5, 0.6) is 5.75 Å². The van der Waals surface area contributed by atoms with Crippen molar-refractivity contribution < 1.29 is 19.1 Å². The third-order valence-electron chi connectivity index (χ3n) is 3.01. The summed E-state index contributed by atoms with van der Waals surface area (Å²) in [5, 5.41) is 13.4. The number of ether oxygens (including phenoxy) is 1. The molecule has 2 aromatic carbocycles. The van der Waals surface area contributed by atoms with Gasteiger partial charge in [0.15, 0.2) is 5.58 Å². The van der Waals surface area contributed by atoms with Crippen molar-refractivity contribution in [2.45, 2.75) is 0 Å². The summed E-state index contributed by atoms with van der Waals surface area (Å²) in [7, 11) is 1.27. The first-order chi connectivity index (χ1) is 10.6. The molecule has 0 saturated carbocycles. The Morgan fingerprint density at radius 3 is 2.86 bits per heavy atom. The number of oxazole rings is 1. The fraction of sp³-hybridized carbons (Fsp3) is 0.0667.